The van der Waals surface area contributed by atoms with Gasteiger partial charge >= 0.3 is 6.03 Å². The highest BCUT2D eigenvalue weighted by atomic mass is 79.9. The van der Waals surface area contributed by atoms with Gasteiger partial charge in [-0.3, -0.25) is 20.2 Å². The largest absolute Gasteiger partial charge is 0.328 e. The minimum absolute atomic E-state index is 0.506. The van der Waals surface area contributed by atoms with Gasteiger partial charge in [0.2, 0.25) is 11.8 Å². The van der Waals surface area contributed by atoms with Crippen LogP contribution in [0.3, 0.4) is 0 Å². The summed E-state index contributed by atoms with van der Waals surface area (Å²) < 4.78 is 0.776. The van der Waals surface area contributed by atoms with E-state index in [1.54, 1.807) is 36.4 Å². The summed E-state index contributed by atoms with van der Waals surface area (Å²) in [5.74, 6) is -2.77. The van der Waals surface area contributed by atoms with Crippen molar-refractivity contribution in [2.24, 2.45) is 10.8 Å². The summed E-state index contributed by atoms with van der Waals surface area (Å²) in [6, 6.07) is 9.27. The molecule has 1 aliphatic carbocycles. The minimum Gasteiger partial charge on any atom is -0.277 e. The third kappa shape index (κ3) is 1.45. The molecule has 1 saturated carbocycles. The van der Waals surface area contributed by atoms with Crippen molar-refractivity contribution in [3.05, 3.63) is 34.3 Å². The summed E-state index contributed by atoms with van der Waals surface area (Å²) in [4.78, 5) is 35.8. The smallest absolute Gasteiger partial charge is 0.277 e. The maximum Gasteiger partial charge on any atom is 0.328 e. The summed E-state index contributed by atoms with van der Waals surface area (Å²) in [5.41, 5.74) is -3.24. The van der Waals surface area contributed by atoms with Crippen LogP contribution in [0.2, 0.25) is 0 Å². The highest BCUT2D eigenvalue weighted by molar-refractivity contribution is 9.10. The van der Waals surface area contributed by atoms with Crippen molar-refractivity contribution in [2.45, 2.75) is 5.92 Å². The minimum atomic E-state index is -1.90. The molecule has 4 amide bonds. The number of imide groups is 2. The average molecular weight is 359 g/mol. The number of rotatable bonds is 1. The Labute approximate surface area is 133 Å². The van der Waals surface area contributed by atoms with Gasteiger partial charge in [0.05, 0.1) is 12.1 Å². The Morgan fingerprint density at radius 3 is 1.95 bits per heavy atom. The Bertz CT molecular complexity index is 769. The van der Waals surface area contributed by atoms with E-state index in [1.807, 2.05) is 10.6 Å². The van der Waals surface area contributed by atoms with E-state index in [1.165, 1.54) is 0 Å². The third-order valence-corrected chi connectivity index (χ3v) is 4.66. The van der Waals surface area contributed by atoms with Gasteiger partial charge in [-0.25, -0.2) is 4.79 Å². The van der Waals surface area contributed by atoms with Crippen molar-refractivity contribution in [1.29, 1.82) is 10.5 Å². The lowest BCUT2D eigenvalue weighted by Crippen LogP contribution is -2.59. The second kappa shape index (κ2) is 4.39. The van der Waals surface area contributed by atoms with E-state index >= 15 is 0 Å². The third-order valence-electron chi connectivity index (χ3n) is 4.13. The lowest BCUT2D eigenvalue weighted by molar-refractivity contribution is -0.139. The number of hydrogen-bond donors (Lipinski definition) is 2. The summed E-state index contributed by atoms with van der Waals surface area (Å²) in [5, 5.41) is 22.8. The SMILES string of the molecule is N#CC1(C#N)C(c2ccc(Br)cc2)C12C(=O)NC(=O)NC2=O. The number of carbonyl (C=O) groups excluding carboxylic acids is 3. The number of nitrogens with zero attached hydrogens (tertiary/aromatic N) is 2. The Balaban J connectivity index is 2.18. The lowest BCUT2D eigenvalue weighted by Gasteiger charge is -2.21. The molecule has 7 nitrogen and oxygen atoms in total. The highest BCUT2D eigenvalue weighted by Gasteiger charge is 2.88. The zero-order chi connectivity index (χ0) is 16.1. The van der Waals surface area contributed by atoms with Crippen LogP contribution in [-0.4, -0.2) is 17.8 Å². The molecule has 1 saturated heterocycles. The molecule has 1 heterocycles. The average Bonchev–Trinajstić information content (AvgIpc) is 3.11. The van der Waals surface area contributed by atoms with E-state index in [2.05, 4.69) is 15.9 Å². The van der Waals surface area contributed by atoms with Crippen LogP contribution in [-0.2, 0) is 9.59 Å². The number of barbiturate groups is 1. The summed E-state index contributed by atoms with van der Waals surface area (Å²) in [7, 11) is 0. The van der Waals surface area contributed by atoms with Crippen LogP contribution < -0.4 is 10.6 Å². The number of nitrogens with one attached hydrogen (secondary N) is 2. The van der Waals surface area contributed by atoms with Crippen LogP contribution in [0.15, 0.2) is 28.7 Å². The molecule has 1 spiro atoms. The molecule has 108 valence electrons. The standard InChI is InChI=1S/C14H7BrN4O3/c15-8-3-1-7(2-4-8)9-13(5-16,6-17)14(9)10(20)18-12(22)19-11(14)21/h1-4,9H,(H2,18,19,20,21,22). The predicted octanol–water partition coefficient (Wildman–Crippen LogP) is 0.932. The number of benzene rings is 1. The number of amides is 4. The summed E-state index contributed by atoms with van der Waals surface area (Å²) in [6.45, 7) is 0. The van der Waals surface area contributed by atoms with E-state index in [9.17, 15) is 24.9 Å². The van der Waals surface area contributed by atoms with E-state index in [0.29, 0.717) is 5.56 Å². The zero-order valence-electron chi connectivity index (χ0n) is 10.9. The molecule has 0 aromatic heterocycles. The molecule has 22 heavy (non-hydrogen) atoms. The van der Waals surface area contributed by atoms with Gasteiger partial charge in [-0.1, -0.05) is 28.1 Å². The van der Waals surface area contributed by atoms with Crippen LogP contribution in [0, 0.1) is 33.5 Å². The van der Waals surface area contributed by atoms with E-state index in [0.717, 1.165) is 4.47 Å². The Kier molecular flexibility index (Phi) is 2.84. The van der Waals surface area contributed by atoms with Crippen LogP contribution in [0.4, 0.5) is 4.79 Å². The van der Waals surface area contributed by atoms with E-state index in [-0.39, 0.29) is 0 Å². The molecule has 2 aliphatic rings. The van der Waals surface area contributed by atoms with Crippen LogP contribution >= 0.6 is 15.9 Å². The number of urea groups is 1. The number of hydrogen-bond acceptors (Lipinski definition) is 5. The van der Waals surface area contributed by atoms with Crippen molar-refractivity contribution >= 4 is 33.8 Å². The maximum absolute atomic E-state index is 12.3. The Hall–Kier alpha value is -2.71. The fourth-order valence-electron chi connectivity index (χ4n) is 3.12. The summed E-state index contributed by atoms with van der Waals surface area (Å²) >= 11 is 3.26. The van der Waals surface area contributed by atoms with Gasteiger partial charge in [0.1, 0.15) is 0 Å². The molecule has 8 heteroatoms. The van der Waals surface area contributed by atoms with Gasteiger partial charge in [0.15, 0.2) is 10.8 Å². The lowest BCUT2D eigenvalue weighted by atomic mass is 9.91. The van der Waals surface area contributed by atoms with Crippen LogP contribution in [0.5, 0.6) is 0 Å². The van der Waals surface area contributed by atoms with Crippen LogP contribution in [0.1, 0.15) is 11.5 Å². The van der Waals surface area contributed by atoms with E-state index < -0.39 is 34.6 Å². The molecule has 2 fully saturated rings. The molecule has 1 unspecified atom stereocenters. The second-order valence-corrected chi connectivity index (χ2v) is 5.98. The Morgan fingerprint density at radius 2 is 1.50 bits per heavy atom. The van der Waals surface area contributed by atoms with Crippen molar-refractivity contribution < 1.29 is 14.4 Å². The van der Waals surface area contributed by atoms with Crippen molar-refractivity contribution in [2.75, 3.05) is 0 Å². The molecular formula is C14H7BrN4O3. The fraction of sp³-hybridized carbons (Fsp3) is 0.214. The first kappa shape index (κ1) is 14.2. The van der Waals surface area contributed by atoms with E-state index in [4.69, 9.17) is 0 Å². The number of halogens is 1. The molecule has 1 aliphatic heterocycles. The molecule has 1 atom stereocenters. The molecule has 0 bridgehead atoms. The first-order chi connectivity index (χ1) is 10.4. The van der Waals surface area contributed by atoms with Crippen molar-refractivity contribution in [1.82, 2.24) is 10.6 Å². The van der Waals surface area contributed by atoms with Crippen molar-refractivity contribution in [3.8, 4) is 12.1 Å². The molecule has 3 rings (SSSR count). The molecule has 2 N–H and O–H groups in total. The quantitative estimate of drug-likeness (QED) is 0.722. The van der Waals surface area contributed by atoms with Gasteiger partial charge in [0, 0.05) is 10.4 Å². The van der Waals surface area contributed by atoms with Crippen LogP contribution in [0.25, 0.3) is 0 Å². The van der Waals surface area contributed by atoms with Crippen molar-refractivity contribution in [3.63, 3.8) is 0 Å². The Morgan fingerprint density at radius 1 is 1.00 bits per heavy atom. The van der Waals surface area contributed by atoms with Gasteiger partial charge in [0.25, 0.3) is 0 Å². The normalized spacial score (nSPS) is 24.0. The number of nitriles is 2. The topological polar surface area (TPSA) is 123 Å². The molecule has 1 aromatic rings. The van der Waals surface area contributed by atoms with Gasteiger partial charge < -0.3 is 0 Å². The monoisotopic (exact) mass is 358 g/mol. The van der Waals surface area contributed by atoms with Gasteiger partial charge in [-0.15, -0.1) is 0 Å². The zero-order valence-corrected chi connectivity index (χ0v) is 12.5. The molecule has 0 radical (unpaired) electrons. The first-order valence-corrected chi connectivity index (χ1v) is 6.98. The van der Waals surface area contributed by atoms with Gasteiger partial charge in [-0.2, -0.15) is 10.5 Å². The maximum atomic E-state index is 12.3. The van der Waals surface area contributed by atoms with Gasteiger partial charge in [-0.05, 0) is 17.7 Å². The molecular weight excluding hydrogens is 352 g/mol. The predicted molar refractivity (Wildman–Crippen MR) is 74.7 cm³/mol. The second-order valence-electron chi connectivity index (χ2n) is 5.06. The summed E-state index contributed by atoms with van der Waals surface area (Å²) in [6.07, 6.45) is 0. The molecule has 1 aromatic carbocycles. The fourth-order valence-corrected chi connectivity index (χ4v) is 3.38. The number of carbonyl (C=O) groups is 3. The first-order valence-electron chi connectivity index (χ1n) is 6.19. The highest BCUT2D eigenvalue weighted by Crippen LogP contribution is 2.74.